The van der Waals surface area contributed by atoms with Gasteiger partial charge >= 0.3 is 15.4 Å². The Labute approximate surface area is 124 Å². The summed E-state index contributed by atoms with van der Waals surface area (Å²) < 4.78 is 39.4. The highest BCUT2D eigenvalue weighted by atomic mass is 31.2. The SMILES string of the molecule is COP(=O)(OC)C1(C(C)OP(=O)(O)O)C=CC=CC1(C)C. The van der Waals surface area contributed by atoms with Gasteiger partial charge in [0.05, 0.1) is 6.10 Å². The molecule has 7 nitrogen and oxygen atoms in total. The first-order valence-electron chi connectivity index (χ1n) is 6.28. The molecule has 2 N–H and O–H groups in total. The van der Waals surface area contributed by atoms with Crippen LogP contribution in [0.4, 0.5) is 0 Å². The van der Waals surface area contributed by atoms with E-state index in [1.807, 2.05) is 0 Å². The second-order valence-electron chi connectivity index (χ2n) is 5.37. The highest BCUT2D eigenvalue weighted by Crippen LogP contribution is 2.70. The standard InChI is InChI=1S/C12H22O7P2/c1-10(19-21(14,15)16)12(20(13,17-4)18-5)9-7-6-8-11(12,2)3/h6-10H,1-5H3,(H2,14,15,16). The van der Waals surface area contributed by atoms with E-state index in [0.29, 0.717) is 0 Å². The molecule has 2 atom stereocenters. The molecule has 0 amide bonds. The summed E-state index contributed by atoms with van der Waals surface area (Å²) in [5.41, 5.74) is -0.780. The molecule has 122 valence electrons. The van der Waals surface area contributed by atoms with Crippen LogP contribution in [0.1, 0.15) is 20.8 Å². The van der Waals surface area contributed by atoms with E-state index in [4.69, 9.17) is 23.4 Å². The van der Waals surface area contributed by atoms with E-state index in [1.54, 1.807) is 38.2 Å². The first kappa shape index (κ1) is 18.8. The predicted octanol–water partition coefficient (Wildman–Crippen LogP) is 2.86. The number of hydrogen-bond donors (Lipinski definition) is 2. The lowest BCUT2D eigenvalue weighted by Crippen LogP contribution is -2.52. The predicted molar refractivity (Wildman–Crippen MR) is 79.0 cm³/mol. The van der Waals surface area contributed by atoms with Crippen molar-refractivity contribution >= 4 is 15.4 Å². The molecular formula is C12H22O7P2. The van der Waals surface area contributed by atoms with Crippen LogP contribution in [0.2, 0.25) is 0 Å². The topological polar surface area (TPSA) is 102 Å². The van der Waals surface area contributed by atoms with Crippen LogP contribution in [0.25, 0.3) is 0 Å². The van der Waals surface area contributed by atoms with Gasteiger partial charge in [-0.1, -0.05) is 38.2 Å². The van der Waals surface area contributed by atoms with Gasteiger partial charge in [-0.05, 0) is 6.92 Å². The van der Waals surface area contributed by atoms with E-state index in [2.05, 4.69) is 0 Å². The molecule has 0 saturated carbocycles. The van der Waals surface area contributed by atoms with Crippen LogP contribution in [0.3, 0.4) is 0 Å². The molecule has 0 radical (unpaired) electrons. The third-order valence-electron chi connectivity index (χ3n) is 3.86. The second kappa shape index (κ2) is 6.09. The molecular weight excluding hydrogens is 318 g/mol. The van der Waals surface area contributed by atoms with Gasteiger partial charge in [0.1, 0.15) is 5.16 Å². The Kier molecular flexibility index (Phi) is 5.45. The lowest BCUT2D eigenvalue weighted by Gasteiger charge is -2.49. The number of allylic oxidation sites excluding steroid dienone is 3. The molecule has 21 heavy (non-hydrogen) atoms. The Hall–Kier alpha value is -0.260. The van der Waals surface area contributed by atoms with Crippen molar-refractivity contribution in [3.63, 3.8) is 0 Å². The molecule has 1 rings (SSSR count). The first-order valence-corrected chi connectivity index (χ1v) is 9.36. The van der Waals surface area contributed by atoms with Gasteiger partial charge in [-0.25, -0.2) is 4.57 Å². The monoisotopic (exact) mass is 340 g/mol. The minimum atomic E-state index is -4.77. The van der Waals surface area contributed by atoms with Gasteiger partial charge in [-0.15, -0.1) is 0 Å². The summed E-state index contributed by atoms with van der Waals surface area (Å²) in [6.07, 6.45) is 5.63. The number of phosphoric acid groups is 1. The zero-order valence-corrected chi connectivity index (χ0v) is 14.5. The van der Waals surface area contributed by atoms with Gasteiger partial charge in [-0.3, -0.25) is 9.09 Å². The Morgan fingerprint density at radius 3 is 1.90 bits per heavy atom. The van der Waals surface area contributed by atoms with Gasteiger partial charge in [0, 0.05) is 19.6 Å². The van der Waals surface area contributed by atoms with Crippen molar-refractivity contribution in [1.29, 1.82) is 0 Å². The van der Waals surface area contributed by atoms with Gasteiger partial charge < -0.3 is 18.8 Å². The highest BCUT2D eigenvalue weighted by molar-refractivity contribution is 7.56. The van der Waals surface area contributed by atoms with E-state index >= 15 is 0 Å². The summed E-state index contributed by atoms with van der Waals surface area (Å²) in [6.45, 7) is 4.99. The lowest BCUT2D eigenvalue weighted by atomic mass is 9.72. The Bertz CT molecular complexity index is 526. The summed E-state index contributed by atoms with van der Waals surface area (Å²) in [5.74, 6) is 0. The molecule has 9 heteroatoms. The van der Waals surface area contributed by atoms with Crippen LogP contribution < -0.4 is 0 Å². The van der Waals surface area contributed by atoms with Gasteiger partial charge in [0.2, 0.25) is 0 Å². The maximum Gasteiger partial charge on any atom is 0.469 e. The van der Waals surface area contributed by atoms with Crippen molar-refractivity contribution in [3.05, 3.63) is 24.3 Å². The van der Waals surface area contributed by atoms with Crippen LogP contribution in [0, 0.1) is 5.41 Å². The first-order chi connectivity index (χ1) is 9.46. The van der Waals surface area contributed by atoms with Crippen LogP contribution in [0.5, 0.6) is 0 Å². The molecule has 0 aromatic heterocycles. The zero-order chi connectivity index (χ0) is 16.5. The van der Waals surface area contributed by atoms with E-state index in [1.165, 1.54) is 21.1 Å². The van der Waals surface area contributed by atoms with Gasteiger partial charge in [0.15, 0.2) is 0 Å². The van der Waals surface area contributed by atoms with Crippen molar-refractivity contribution in [1.82, 2.24) is 0 Å². The lowest BCUT2D eigenvalue weighted by molar-refractivity contribution is 0.0769. The molecule has 0 saturated heterocycles. The highest BCUT2D eigenvalue weighted by Gasteiger charge is 2.62. The van der Waals surface area contributed by atoms with Crippen molar-refractivity contribution in [2.75, 3.05) is 14.2 Å². The second-order valence-corrected chi connectivity index (χ2v) is 9.02. The molecule has 0 spiro atoms. The summed E-state index contributed by atoms with van der Waals surface area (Å²) in [4.78, 5) is 18.2. The van der Waals surface area contributed by atoms with Crippen molar-refractivity contribution in [3.8, 4) is 0 Å². The largest absolute Gasteiger partial charge is 0.469 e. The normalized spacial score (nSPS) is 26.8. The quantitative estimate of drug-likeness (QED) is 0.717. The molecule has 1 aliphatic carbocycles. The molecule has 0 fully saturated rings. The van der Waals surface area contributed by atoms with E-state index in [-0.39, 0.29) is 0 Å². The molecule has 0 aliphatic heterocycles. The molecule has 0 heterocycles. The van der Waals surface area contributed by atoms with Crippen LogP contribution in [-0.4, -0.2) is 35.3 Å². The van der Waals surface area contributed by atoms with Crippen molar-refractivity contribution in [2.45, 2.75) is 32.0 Å². The molecule has 0 aromatic rings. The maximum atomic E-state index is 13.1. The molecule has 2 unspecified atom stereocenters. The smallest absolute Gasteiger partial charge is 0.311 e. The molecule has 0 bridgehead atoms. The zero-order valence-electron chi connectivity index (χ0n) is 12.7. The van der Waals surface area contributed by atoms with Crippen LogP contribution in [0.15, 0.2) is 24.3 Å². The number of phosphoric ester groups is 1. The van der Waals surface area contributed by atoms with E-state index in [0.717, 1.165) is 0 Å². The molecule has 1 aliphatic rings. The summed E-state index contributed by atoms with van der Waals surface area (Å²) in [7, 11) is -6.06. The van der Waals surface area contributed by atoms with Crippen LogP contribution in [-0.2, 0) is 22.7 Å². The third-order valence-corrected chi connectivity index (χ3v) is 7.40. The number of rotatable bonds is 6. The summed E-state index contributed by atoms with van der Waals surface area (Å²) >= 11 is 0. The number of hydrogen-bond acceptors (Lipinski definition) is 5. The Morgan fingerprint density at radius 2 is 1.52 bits per heavy atom. The maximum absolute atomic E-state index is 13.1. The fraction of sp³-hybridized carbons (Fsp3) is 0.667. The van der Waals surface area contributed by atoms with E-state index < -0.39 is 32.1 Å². The van der Waals surface area contributed by atoms with Crippen molar-refractivity contribution in [2.24, 2.45) is 5.41 Å². The average molecular weight is 340 g/mol. The molecule has 0 aromatic carbocycles. The average Bonchev–Trinajstić information content (AvgIpc) is 2.35. The summed E-state index contributed by atoms with van der Waals surface area (Å²) in [5, 5.41) is -1.38. The fourth-order valence-electron chi connectivity index (χ4n) is 2.84. The van der Waals surface area contributed by atoms with Gasteiger partial charge in [0.25, 0.3) is 0 Å². The van der Waals surface area contributed by atoms with E-state index in [9.17, 15) is 9.13 Å². The fourth-order valence-corrected chi connectivity index (χ4v) is 5.80. The Morgan fingerprint density at radius 1 is 1.05 bits per heavy atom. The van der Waals surface area contributed by atoms with Crippen LogP contribution >= 0.6 is 15.4 Å². The van der Waals surface area contributed by atoms with Crippen molar-refractivity contribution < 1.29 is 32.5 Å². The Balaban J connectivity index is 3.51. The minimum absolute atomic E-state index is 0.780. The summed E-state index contributed by atoms with van der Waals surface area (Å²) in [6, 6.07) is 0. The van der Waals surface area contributed by atoms with Gasteiger partial charge in [-0.2, -0.15) is 0 Å². The minimum Gasteiger partial charge on any atom is -0.311 e. The third kappa shape index (κ3) is 3.25.